The number of nitrogens with two attached hydrogens (primary N) is 1. The molecule has 1 fully saturated rings. The summed E-state index contributed by atoms with van der Waals surface area (Å²) >= 11 is 0. The first-order chi connectivity index (χ1) is 9.88. The second-order valence-corrected chi connectivity index (χ2v) is 5.84. The van der Waals surface area contributed by atoms with Crippen LogP contribution in [-0.4, -0.2) is 16.6 Å². The van der Waals surface area contributed by atoms with Crippen molar-refractivity contribution in [2.24, 2.45) is 5.84 Å². The fourth-order valence-corrected chi connectivity index (χ4v) is 3.27. The Morgan fingerprint density at radius 3 is 2.55 bits per heavy atom. The van der Waals surface area contributed by atoms with Crippen molar-refractivity contribution in [3.63, 3.8) is 0 Å². The highest BCUT2D eigenvalue weighted by atomic mass is 16.5. The fourth-order valence-electron chi connectivity index (χ4n) is 3.27. The number of hydrazine groups is 1. The SMILES string of the molecule is NNc1nc(C2CCCCCCC2)nc2c1COCC2. The maximum Gasteiger partial charge on any atom is 0.149 e. The molecule has 0 aromatic carbocycles. The molecule has 5 nitrogen and oxygen atoms in total. The van der Waals surface area contributed by atoms with Crippen LogP contribution in [0.4, 0.5) is 5.82 Å². The van der Waals surface area contributed by atoms with Crippen molar-refractivity contribution in [3.05, 3.63) is 17.1 Å². The van der Waals surface area contributed by atoms with Crippen LogP contribution >= 0.6 is 0 Å². The predicted octanol–water partition coefficient (Wildman–Crippen LogP) is 2.66. The van der Waals surface area contributed by atoms with E-state index in [2.05, 4.69) is 10.4 Å². The molecule has 0 atom stereocenters. The van der Waals surface area contributed by atoms with Crippen molar-refractivity contribution >= 4 is 5.82 Å². The summed E-state index contributed by atoms with van der Waals surface area (Å²) < 4.78 is 5.48. The second-order valence-electron chi connectivity index (χ2n) is 5.84. The summed E-state index contributed by atoms with van der Waals surface area (Å²) in [6, 6.07) is 0. The number of nitrogen functional groups attached to an aromatic ring is 1. The molecule has 1 aromatic rings. The van der Waals surface area contributed by atoms with Crippen LogP contribution < -0.4 is 11.3 Å². The number of hydrogen-bond acceptors (Lipinski definition) is 5. The van der Waals surface area contributed by atoms with Crippen LogP contribution in [0, 0.1) is 0 Å². The molecule has 1 aliphatic heterocycles. The third kappa shape index (κ3) is 2.94. The molecular formula is C15H24N4O. The summed E-state index contributed by atoms with van der Waals surface area (Å²) in [6.45, 7) is 1.32. The molecule has 0 amide bonds. The first kappa shape index (κ1) is 13.8. The Kier molecular flexibility index (Phi) is 4.47. The topological polar surface area (TPSA) is 73.1 Å². The minimum atomic E-state index is 0.496. The first-order valence-corrected chi connectivity index (χ1v) is 7.82. The number of ether oxygens (including phenoxy) is 1. The lowest BCUT2D eigenvalue weighted by Gasteiger charge is -2.23. The average molecular weight is 276 g/mol. The number of hydrogen-bond donors (Lipinski definition) is 2. The number of rotatable bonds is 2. The summed E-state index contributed by atoms with van der Waals surface area (Å²) in [5.41, 5.74) is 4.89. The van der Waals surface area contributed by atoms with E-state index in [4.69, 9.17) is 15.6 Å². The molecule has 0 unspecified atom stereocenters. The van der Waals surface area contributed by atoms with Gasteiger partial charge >= 0.3 is 0 Å². The Morgan fingerprint density at radius 1 is 1.05 bits per heavy atom. The van der Waals surface area contributed by atoms with E-state index in [1.807, 2.05) is 0 Å². The fraction of sp³-hybridized carbons (Fsp3) is 0.733. The molecule has 110 valence electrons. The molecule has 3 N–H and O–H groups in total. The minimum Gasteiger partial charge on any atom is -0.376 e. The number of aromatic nitrogens is 2. The van der Waals surface area contributed by atoms with Crippen LogP contribution in [-0.2, 0) is 17.8 Å². The van der Waals surface area contributed by atoms with E-state index < -0.39 is 0 Å². The van der Waals surface area contributed by atoms with Crippen LogP contribution in [0.25, 0.3) is 0 Å². The van der Waals surface area contributed by atoms with Gasteiger partial charge in [-0.3, -0.25) is 0 Å². The molecule has 2 heterocycles. The van der Waals surface area contributed by atoms with Gasteiger partial charge in [-0.25, -0.2) is 15.8 Å². The highest BCUT2D eigenvalue weighted by molar-refractivity contribution is 5.46. The zero-order chi connectivity index (χ0) is 13.8. The van der Waals surface area contributed by atoms with Gasteiger partial charge in [-0.15, -0.1) is 0 Å². The lowest BCUT2D eigenvalue weighted by molar-refractivity contribution is 0.109. The van der Waals surface area contributed by atoms with E-state index in [0.29, 0.717) is 12.5 Å². The molecule has 5 heteroatoms. The number of nitrogens with zero attached hydrogens (tertiary/aromatic N) is 2. The zero-order valence-electron chi connectivity index (χ0n) is 12.0. The van der Waals surface area contributed by atoms with Gasteiger partial charge in [-0.2, -0.15) is 0 Å². The Bertz CT molecular complexity index is 438. The van der Waals surface area contributed by atoms with E-state index >= 15 is 0 Å². The van der Waals surface area contributed by atoms with Crippen LogP contribution in [0.5, 0.6) is 0 Å². The van der Waals surface area contributed by atoms with Gasteiger partial charge in [0.15, 0.2) is 0 Å². The number of fused-ring (bicyclic) bond motifs is 1. The van der Waals surface area contributed by atoms with Crippen molar-refractivity contribution < 1.29 is 4.74 Å². The molecular weight excluding hydrogens is 252 g/mol. The normalized spacial score (nSPS) is 20.9. The Morgan fingerprint density at radius 2 is 1.80 bits per heavy atom. The number of nitrogens with one attached hydrogen (secondary N) is 1. The highest BCUT2D eigenvalue weighted by Gasteiger charge is 2.22. The predicted molar refractivity (Wildman–Crippen MR) is 78.3 cm³/mol. The second kappa shape index (κ2) is 6.50. The zero-order valence-corrected chi connectivity index (χ0v) is 12.0. The first-order valence-electron chi connectivity index (χ1n) is 7.82. The van der Waals surface area contributed by atoms with E-state index in [1.54, 1.807) is 0 Å². The van der Waals surface area contributed by atoms with Crippen LogP contribution in [0.1, 0.15) is 67.9 Å². The molecule has 1 aliphatic carbocycles. The molecule has 2 aliphatic rings. The van der Waals surface area contributed by atoms with Gasteiger partial charge in [0.2, 0.25) is 0 Å². The van der Waals surface area contributed by atoms with E-state index in [0.717, 1.165) is 35.9 Å². The van der Waals surface area contributed by atoms with Gasteiger partial charge < -0.3 is 10.2 Å². The van der Waals surface area contributed by atoms with E-state index in [1.165, 1.54) is 44.9 Å². The minimum absolute atomic E-state index is 0.496. The van der Waals surface area contributed by atoms with Crippen LogP contribution in [0.15, 0.2) is 0 Å². The molecule has 0 spiro atoms. The maximum absolute atomic E-state index is 5.63. The van der Waals surface area contributed by atoms with Crippen LogP contribution in [0.2, 0.25) is 0 Å². The summed E-state index contributed by atoms with van der Waals surface area (Å²) in [4.78, 5) is 9.50. The largest absolute Gasteiger partial charge is 0.376 e. The quantitative estimate of drug-likeness (QED) is 0.641. The lowest BCUT2D eigenvalue weighted by Crippen LogP contribution is -2.21. The van der Waals surface area contributed by atoms with Crippen molar-refractivity contribution in [1.29, 1.82) is 0 Å². The third-order valence-corrected chi connectivity index (χ3v) is 4.45. The van der Waals surface area contributed by atoms with Crippen molar-refractivity contribution in [2.75, 3.05) is 12.0 Å². The Balaban J connectivity index is 1.88. The molecule has 1 aromatic heterocycles. The summed E-state index contributed by atoms with van der Waals surface area (Å²) in [5.74, 6) is 7.87. The maximum atomic E-state index is 5.63. The Hall–Kier alpha value is -1.20. The molecule has 0 bridgehead atoms. The standard InChI is InChI=1S/C15H24N4O/c16-19-15-12-10-20-9-8-13(12)17-14(18-15)11-6-4-2-1-3-5-7-11/h11H,1-10,16H2,(H,17,18,19). The smallest absolute Gasteiger partial charge is 0.149 e. The van der Waals surface area contributed by atoms with Crippen LogP contribution in [0.3, 0.4) is 0 Å². The van der Waals surface area contributed by atoms with Gasteiger partial charge in [-0.05, 0) is 12.8 Å². The van der Waals surface area contributed by atoms with Gasteiger partial charge in [0.1, 0.15) is 11.6 Å². The highest BCUT2D eigenvalue weighted by Crippen LogP contribution is 2.31. The monoisotopic (exact) mass is 276 g/mol. The lowest BCUT2D eigenvalue weighted by atomic mass is 9.90. The van der Waals surface area contributed by atoms with Crippen molar-refractivity contribution in [3.8, 4) is 0 Å². The van der Waals surface area contributed by atoms with Gasteiger partial charge in [0.25, 0.3) is 0 Å². The Labute approximate surface area is 120 Å². The number of anilines is 1. The summed E-state index contributed by atoms with van der Waals surface area (Å²) in [6.07, 6.45) is 9.93. The van der Waals surface area contributed by atoms with E-state index in [9.17, 15) is 0 Å². The third-order valence-electron chi connectivity index (χ3n) is 4.45. The molecule has 3 rings (SSSR count). The average Bonchev–Trinajstić information content (AvgIpc) is 2.46. The van der Waals surface area contributed by atoms with Gasteiger partial charge in [0.05, 0.1) is 18.9 Å². The molecule has 20 heavy (non-hydrogen) atoms. The van der Waals surface area contributed by atoms with Crippen molar-refractivity contribution in [1.82, 2.24) is 9.97 Å². The summed E-state index contributed by atoms with van der Waals surface area (Å²) in [7, 11) is 0. The molecule has 1 saturated carbocycles. The molecule has 0 radical (unpaired) electrons. The van der Waals surface area contributed by atoms with Crippen molar-refractivity contribution in [2.45, 2.75) is 63.9 Å². The van der Waals surface area contributed by atoms with Gasteiger partial charge in [0, 0.05) is 17.9 Å². The molecule has 0 saturated heterocycles. The summed E-state index contributed by atoms with van der Waals surface area (Å²) in [5, 5.41) is 0. The van der Waals surface area contributed by atoms with Gasteiger partial charge in [-0.1, -0.05) is 32.1 Å². The van der Waals surface area contributed by atoms with E-state index in [-0.39, 0.29) is 0 Å².